The molecule has 0 heterocycles. The van der Waals surface area contributed by atoms with E-state index in [1.807, 2.05) is 6.92 Å². The molecule has 0 aliphatic heterocycles. The molecule has 3 N–H and O–H groups in total. The zero-order valence-corrected chi connectivity index (χ0v) is 14.1. The molecule has 2 amide bonds. The van der Waals surface area contributed by atoms with Gasteiger partial charge in [0.2, 0.25) is 11.8 Å². The maximum absolute atomic E-state index is 12.4. The van der Waals surface area contributed by atoms with Crippen LogP contribution >= 0.6 is 11.6 Å². The Kier molecular flexibility index (Phi) is 7.35. The van der Waals surface area contributed by atoms with Crippen molar-refractivity contribution in [2.75, 3.05) is 18.4 Å². The Balaban J connectivity index is 2.67. The van der Waals surface area contributed by atoms with E-state index in [9.17, 15) is 9.59 Å². The summed E-state index contributed by atoms with van der Waals surface area (Å²) in [7, 11) is 0. The number of carbonyl (C=O) groups is 2. The summed E-state index contributed by atoms with van der Waals surface area (Å²) in [6, 6.07) is 6.59. The number of hydrogen-bond donors (Lipinski definition) is 2. The second-order valence-electron chi connectivity index (χ2n) is 5.46. The van der Waals surface area contributed by atoms with Gasteiger partial charge in [-0.25, -0.2) is 0 Å². The highest BCUT2D eigenvalue weighted by molar-refractivity contribution is 6.30. The molecule has 0 aliphatic rings. The molecule has 0 saturated heterocycles. The van der Waals surface area contributed by atoms with Crippen LogP contribution in [0.25, 0.3) is 0 Å². The Morgan fingerprint density at radius 3 is 2.36 bits per heavy atom. The van der Waals surface area contributed by atoms with Crippen molar-refractivity contribution in [3.63, 3.8) is 0 Å². The molecule has 122 valence electrons. The average Bonchev–Trinajstić information content (AvgIpc) is 2.47. The summed E-state index contributed by atoms with van der Waals surface area (Å²) < 4.78 is 0. The van der Waals surface area contributed by atoms with Crippen molar-refractivity contribution < 1.29 is 9.59 Å². The van der Waals surface area contributed by atoms with E-state index in [2.05, 4.69) is 5.32 Å². The summed E-state index contributed by atoms with van der Waals surface area (Å²) in [5.74, 6) is -0.640. The summed E-state index contributed by atoms with van der Waals surface area (Å²) in [6.45, 7) is 6.09. The number of amides is 2. The standard InChI is InChI=1S/C16H24ClN3O2/c1-4-9-20(16(22)11(2)12(3)18)10-15(21)19-14-7-5-13(17)6-8-14/h5-8,11-12H,4,9-10,18H2,1-3H3,(H,19,21). The molecular formula is C16H24ClN3O2. The molecule has 1 rings (SSSR count). The summed E-state index contributed by atoms with van der Waals surface area (Å²) in [4.78, 5) is 26.0. The van der Waals surface area contributed by atoms with Crippen molar-refractivity contribution in [1.29, 1.82) is 0 Å². The predicted octanol–water partition coefficient (Wildman–Crippen LogP) is 2.50. The lowest BCUT2D eigenvalue weighted by molar-refractivity contribution is -0.138. The second-order valence-corrected chi connectivity index (χ2v) is 5.90. The molecule has 0 radical (unpaired) electrons. The van der Waals surface area contributed by atoms with Crippen molar-refractivity contribution in [1.82, 2.24) is 4.90 Å². The summed E-state index contributed by atoms with van der Waals surface area (Å²) in [6.07, 6.45) is 0.783. The minimum atomic E-state index is -0.310. The number of benzene rings is 1. The second kappa shape index (κ2) is 8.76. The monoisotopic (exact) mass is 325 g/mol. The van der Waals surface area contributed by atoms with Gasteiger partial charge in [0.15, 0.2) is 0 Å². The molecule has 2 unspecified atom stereocenters. The molecule has 0 aromatic heterocycles. The maximum Gasteiger partial charge on any atom is 0.243 e. The first-order valence-corrected chi connectivity index (χ1v) is 7.82. The molecule has 0 saturated carbocycles. The van der Waals surface area contributed by atoms with E-state index in [4.69, 9.17) is 17.3 Å². The topological polar surface area (TPSA) is 75.4 Å². The summed E-state index contributed by atoms with van der Waals surface area (Å²) in [5, 5.41) is 3.36. The molecule has 0 aliphatic carbocycles. The molecule has 2 atom stereocenters. The lowest BCUT2D eigenvalue weighted by Gasteiger charge is -2.26. The van der Waals surface area contributed by atoms with Gasteiger partial charge >= 0.3 is 0 Å². The quantitative estimate of drug-likeness (QED) is 0.808. The number of anilines is 1. The molecular weight excluding hydrogens is 302 g/mol. The first kappa shape index (κ1) is 18.5. The van der Waals surface area contributed by atoms with Crippen LogP contribution in [0.15, 0.2) is 24.3 Å². The minimum Gasteiger partial charge on any atom is -0.333 e. The van der Waals surface area contributed by atoms with E-state index in [-0.39, 0.29) is 30.3 Å². The van der Waals surface area contributed by atoms with Crippen LogP contribution in [0.1, 0.15) is 27.2 Å². The number of carbonyl (C=O) groups excluding carboxylic acids is 2. The van der Waals surface area contributed by atoms with E-state index in [1.54, 1.807) is 43.0 Å². The van der Waals surface area contributed by atoms with Crippen molar-refractivity contribution in [2.45, 2.75) is 33.2 Å². The molecule has 1 aromatic rings. The van der Waals surface area contributed by atoms with Crippen LogP contribution in [0, 0.1) is 5.92 Å². The third kappa shape index (κ3) is 5.66. The third-order valence-electron chi connectivity index (χ3n) is 3.45. The van der Waals surface area contributed by atoms with Crippen LogP contribution in [0.2, 0.25) is 5.02 Å². The van der Waals surface area contributed by atoms with Crippen molar-refractivity contribution >= 4 is 29.1 Å². The lowest BCUT2D eigenvalue weighted by atomic mass is 10.0. The van der Waals surface area contributed by atoms with E-state index >= 15 is 0 Å². The van der Waals surface area contributed by atoms with Crippen LogP contribution < -0.4 is 11.1 Å². The zero-order chi connectivity index (χ0) is 16.7. The number of halogens is 1. The first-order chi connectivity index (χ1) is 10.3. The van der Waals surface area contributed by atoms with Gasteiger partial charge in [-0.2, -0.15) is 0 Å². The number of nitrogens with one attached hydrogen (secondary N) is 1. The van der Waals surface area contributed by atoms with Crippen molar-refractivity contribution in [3.05, 3.63) is 29.3 Å². The normalized spacial score (nSPS) is 13.3. The molecule has 6 heteroatoms. The van der Waals surface area contributed by atoms with Crippen molar-refractivity contribution in [3.8, 4) is 0 Å². The Morgan fingerprint density at radius 2 is 1.86 bits per heavy atom. The van der Waals surface area contributed by atoms with Gasteiger partial charge in [-0.15, -0.1) is 0 Å². The Hall–Kier alpha value is -1.59. The van der Waals surface area contributed by atoms with Crippen LogP contribution in [-0.4, -0.2) is 35.8 Å². The van der Waals surface area contributed by atoms with Crippen molar-refractivity contribution in [2.24, 2.45) is 11.7 Å². The van der Waals surface area contributed by atoms with Crippen LogP contribution in [0.4, 0.5) is 5.69 Å². The molecule has 0 bridgehead atoms. The SMILES string of the molecule is CCCN(CC(=O)Nc1ccc(Cl)cc1)C(=O)C(C)C(C)N. The molecule has 5 nitrogen and oxygen atoms in total. The van der Waals surface area contributed by atoms with E-state index < -0.39 is 0 Å². The Bertz CT molecular complexity index is 503. The number of nitrogens with two attached hydrogens (primary N) is 1. The van der Waals surface area contributed by atoms with Gasteiger partial charge in [0.25, 0.3) is 0 Å². The van der Waals surface area contributed by atoms with Gasteiger partial charge in [-0.1, -0.05) is 25.4 Å². The number of hydrogen-bond acceptors (Lipinski definition) is 3. The van der Waals surface area contributed by atoms with Gasteiger partial charge < -0.3 is 16.0 Å². The summed E-state index contributed by atoms with van der Waals surface area (Å²) >= 11 is 5.80. The molecule has 0 fully saturated rings. The average molecular weight is 326 g/mol. The van der Waals surface area contributed by atoms with Gasteiger partial charge in [0.05, 0.1) is 12.5 Å². The highest BCUT2D eigenvalue weighted by atomic mass is 35.5. The molecule has 22 heavy (non-hydrogen) atoms. The van der Waals surface area contributed by atoms with Crippen LogP contribution in [0.3, 0.4) is 0 Å². The predicted molar refractivity (Wildman–Crippen MR) is 89.8 cm³/mol. The summed E-state index contributed by atoms with van der Waals surface area (Å²) in [5.41, 5.74) is 6.43. The minimum absolute atomic E-state index is 0.0202. The van der Waals surface area contributed by atoms with Gasteiger partial charge in [0.1, 0.15) is 0 Å². The fraction of sp³-hybridized carbons (Fsp3) is 0.500. The fourth-order valence-corrected chi connectivity index (χ4v) is 2.08. The third-order valence-corrected chi connectivity index (χ3v) is 3.70. The lowest BCUT2D eigenvalue weighted by Crippen LogP contribution is -2.45. The zero-order valence-electron chi connectivity index (χ0n) is 13.3. The van der Waals surface area contributed by atoms with E-state index in [0.717, 1.165) is 6.42 Å². The largest absolute Gasteiger partial charge is 0.333 e. The van der Waals surface area contributed by atoms with Gasteiger partial charge in [0, 0.05) is 23.3 Å². The van der Waals surface area contributed by atoms with E-state index in [0.29, 0.717) is 17.3 Å². The number of rotatable bonds is 7. The van der Waals surface area contributed by atoms with Gasteiger partial charge in [-0.3, -0.25) is 9.59 Å². The first-order valence-electron chi connectivity index (χ1n) is 7.45. The maximum atomic E-state index is 12.4. The highest BCUT2D eigenvalue weighted by Crippen LogP contribution is 2.13. The Morgan fingerprint density at radius 1 is 1.27 bits per heavy atom. The molecule has 0 spiro atoms. The van der Waals surface area contributed by atoms with Crippen LogP contribution in [-0.2, 0) is 9.59 Å². The fourth-order valence-electron chi connectivity index (χ4n) is 1.96. The number of nitrogens with zero attached hydrogens (tertiary/aromatic N) is 1. The van der Waals surface area contributed by atoms with Crippen LogP contribution in [0.5, 0.6) is 0 Å². The Labute approximate surface area is 136 Å². The smallest absolute Gasteiger partial charge is 0.243 e. The highest BCUT2D eigenvalue weighted by Gasteiger charge is 2.24. The molecule has 1 aromatic carbocycles. The van der Waals surface area contributed by atoms with E-state index in [1.165, 1.54) is 0 Å². The van der Waals surface area contributed by atoms with Gasteiger partial charge in [-0.05, 0) is 37.6 Å².